The molecule has 1 fully saturated rings. The number of carbonyl (C=O) groups excluding carboxylic acids is 1. The first-order chi connectivity index (χ1) is 9.89. The van der Waals surface area contributed by atoms with Crippen molar-refractivity contribution >= 4 is 16.7 Å². The molecule has 0 bridgehead atoms. The van der Waals surface area contributed by atoms with E-state index in [9.17, 15) is 13.4 Å². The second kappa shape index (κ2) is 6.23. The van der Waals surface area contributed by atoms with Crippen LogP contribution >= 0.6 is 0 Å². The lowest BCUT2D eigenvalue weighted by Crippen LogP contribution is -2.43. The van der Waals surface area contributed by atoms with Crippen molar-refractivity contribution in [3.05, 3.63) is 35.6 Å². The van der Waals surface area contributed by atoms with Gasteiger partial charge in [0.05, 0.1) is 5.54 Å². The molecule has 4 nitrogen and oxygen atoms in total. The van der Waals surface area contributed by atoms with Gasteiger partial charge >= 0.3 is 0 Å². The van der Waals surface area contributed by atoms with E-state index >= 15 is 0 Å². The van der Waals surface area contributed by atoms with Gasteiger partial charge in [-0.2, -0.15) is 0 Å². The zero-order valence-electron chi connectivity index (χ0n) is 12.6. The molecule has 1 saturated heterocycles. The van der Waals surface area contributed by atoms with Gasteiger partial charge in [0.15, 0.2) is 0 Å². The zero-order chi connectivity index (χ0) is 15.6. The molecule has 0 saturated carbocycles. The summed E-state index contributed by atoms with van der Waals surface area (Å²) in [6.45, 7) is 4.10. The van der Waals surface area contributed by atoms with Crippen molar-refractivity contribution in [2.24, 2.45) is 0 Å². The summed E-state index contributed by atoms with van der Waals surface area (Å²) in [5, 5.41) is 3.24. The van der Waals surface area contributed by atoms with Gasteiger partial charge in [-0.1, -0.05) is 25.1 Å². The van der Waals surface area contributed by atoms with Gasteiger partial charge in [-0.25, -0.2) is 4.39 Å². The molecule has 0 radical (unpaired) electrons. The summed E-state index contributed by atoms with van der Waals surface area (Å²) in [6, 6.07) is 6.44. The normalized spacial score (nSPS) is 27.1. The first-order valence-corrected chi connectivity index (χ1v) is 8.75. The third kappa shape index (κ3) is 3.16. The van der Waals surface area contributed by atoms with Crippen molar-refractivity contribution in [3.8, 4) is 0 Å². The van der Waals surface area contributed by atoms with Crippen molar-refractivity contribution in [1.29, 1.82) is 0 Å². The Balaban J connectivity index is 2.34. The van der Waals surface area contributed by atoms with Crippen LogP contribution in [-0.4, -0.2) is 39.1 Å². The van der Waals surface area contributed by atoms with Gasteiger partial charge < -0.3 is 4.90 Å². The Bertz CT molecular complexity index is 566. The number of nitrogens with one attached hydrogen (secondary N) is 1. The maximum absolute atomic E-state index is 14.1. The van der Waals surface area contributed by atoms with E-state index < -0.39 is 22.5 Å². The van der Waals surface area contributed by atoms with Crippen LogP contribution < -0.4 is 5.32 Å². The van der Waals surface area contributed by atoms with Crippen molar-refractivity contribution in [1.82, 2.24) is 10.2 Å². The summed E-state index contributed by atoms with van der Waals surface area (Å²) < 4.78 is 25.4. The van der Waals surface area contributed by atoms with Gasteiger partial charge in [-0.05, 0) is 19.4 Å². The van der Waals surface area contributed by atoms with E-state index in [-0.39, 0.29) is 11.7 Å². The van der Waals surface area contributed by atoms with Crippen molar-refractivity contribution < 1.29 is 13.4 Å². The first kappa shape index (κ1) is 16.1. The van der Waals surface area contributed by atoms with E-state index in [2.05, 4.69) is 5.32 Å². The fourth-order valence-corrected chi connectivity index (χ4v) is 2.98. The molecule has 0 aliphatic carbocycles. The molecule has 1 aliphatic heterocycles. The molecule has 116 valence electrons. The number of hydrogen-bond acceptors (Lipinski definition) is 3. The van der Waals surface area contributed by atoms with E-state index in [0.29, 0.717) is 24.3 Å². The summed E-state index contributed by atoms with van der Waals surface area (Å²) in [5.41, 5.74) is -0.257. The minimum atomic E-state index is -0.995. The molecule has 1 N–H and O–H groups in total. The highest BCUT2D eigenvalue weighted by Gasteiger charge is 2.47. The zero-order valence-corrected chi connectivity index (χ0v) is 13.4. The van der Waals surface area contributed by atoms with E-state index in [1.165, 1.54) is 6.07 Å². The molecule has 1 aliphatic rings. The molecule has 21 heavy (non-hydrogen) atoms. The SMILES string of the molecule is CCC1(C)NC(c2ccccc2F)N(CCS(C)=O)C1=O. The van der Waals surface area contributed by atoms with Crippen LogP contribution in [0.2, 0.25) is 0 Å². The number of carbonyl (C=O) groups is 1. The lowest BCUT2D eigenvalue weighted by atomic mass is 9.99. The third-order valence-corrected chi connectivity index (χ3v) is 4.78. The van der Waals surface area contributed by atoms with E-state index in [1.54, 1.807) is 29.4 Å². The Kier molecular flexibility index (Phi) is 4.78. The van der Waals surface area contributed by atoms with Crippen molar-refractivity contribution in [2.45, 2.75) is 32.0 Å². The van der Waals surface area contributed by atoms with Gasteiger partial charge in [0.2, 0.25) is 5.91 Å². The molecule has 1 amide bonds. The van der Waals surface area contributed by atoms with Gasteiger partial charge in [-0.3, -0.25) is 14.3 Å². The lowest BCUT2D eigenvalue weighted by Gasteiger charge is -2.24. The third-order valence-electron chi connectivity index (χ3n) is 4.03. The highest BCUT2D eigenvalue weighted by Crippen LogP contribution is 2.33. The first-order valence-electron chi connectivity index (χ1n) is 7.02. The molecular formula is C15H21FN2O2S. The largest absolute Gasteiger partial charge is 0.320 e. The van der Waals surface area contributed by atoms with Gasteiger partial charge in [0, 0.05) is 34.9 Å². The minimum absolute atomic E-state index is 0.0660. The molecule has 1 aromatic carbocycles. The number of amides is 1. The Morgan fingerprint density at radius 3 is 2.67 bits per heavy atom. The maximum Gasteiger partial charge on any atom is 0.244 e. The van der Waals surface area contributed by atoms with E-state index in [4.69, 9.17) is 0 Å². The topological polar surface area (TPSA) is 49.4 Å². The highest BCUT2D eigenvalue weighted by atomic mass is 32.2. The number of halogens is 1. The van der Waals surface area contributed by atoms with Crippen molar-refractivity contribution in [2.75, 3.05) is 18.6 Å². The van der Waals surface area contributed by atoms with Gasteiger partial charge in [0.25, 0.3) is 0 Å². The summed E-state index contributed by atoms with van der Waals surface area (Å²) in [5.74, 6) is -0.0208. The quantitative estimate of drug-likeness (QED) is 0.902. The van der Waals surface area contributed by atoms with Crippen LogP contribution in [-0.2, 0) is 15.6 Å². The molecule has 3 unspecified atom stereocenters. The Hall–Kier alpha value is -1.27. The van der Waals surface area contributed by atoms with Gasteiger partial charge in [-0.15, -0.1) is 0 Å². The summed E-state index contributed by atoms with van der Waals surface area (Å²) in [6.07, 6.45) is 1.71. The van der Waals surface area contributed by atoms with Crippen LogP contribution in [0, 0.1) is 5.82 Å². The molecule has 6 heteroatoms. The molecule has 2 rings (SSSR count). The predicted molar refractivity (Wildman–Crippen MR) is 81.6 cm³/mol. The van der Waals surface area contributed by atoms with Crippen LogP contribution in [0.25, 0.3) is 0 Å². The average Bonchev–Trinajstić information content (AvgIpc) is 2.70. The highest BCUT2D eigenvalue weighted by molar-refractivity contribution is 7.84. The Morgan fingerprint density at radius 1 is 1.43 bits per heavy atom. The molecule has 1 aromatic rings. The number of benzene rings is 1. The molecule has 3 atom stereocenters. The minimum Gasteiger partial charge on any atom is -0.320 e. The fraction of sp³-hybridized carbons (Fsp3) is 0.533. The summed E-state index contributed by atoms with van der Waals surface area (Å²) in [4.78, 5) is 14.2. The standard InChI is InChI=1S/C15H21FN2O2S/c1-4-15(2)14(19)18(9-10-21(3)20)13(17-15)11-7-5-6-8-12(11)16/h5-8,13,17H,4,9-10H2,1-3H3. The molecule has 0 aromatic heterocycles. The molecular weight excluding hydrogens is 291 g/mol. The predicted octanol–water partition coefficient (Wildman–Crippen LogP) is 1.80. The van der Waals surface area contributed by atoms with Gasteiger partial charge in [0.1, 0.15) is 12.0 Å². The van der Waals surface area contributed by atoms with Crippen LogP contribution in [0.15, 0.2) is 24.3 Å². The number of nitrogens with zero attached hydrogens (tertiary/aromatic N) is 1. The Labute approximate surface area is 127 Å². The smallest absolute Gasteiger partial charge is 0.244 e. The van der Waals surface area contributed by atoms with Crippen LogP contribution in [0.3, 0.4) is 0 Å². The average molecular weight is 312 g/mol. The number of rotatable bonds is 5. The monoisotopic (exact) mass is 312 g/mol. The van der Waals surface area contributed by atoms with E-state index in [0.717, 1.165) is 0 Å². The van der Waals surface area contributed by atoms with E-state index in [1.807, 2.05) is 13.8 Å². The van der Waals surface area contributed by atoms with Crippen molar-refractivity contribution in [3.63, 3.8) is 0 Å². The summed E-state index contributed by atoms with van der Waals surface area (Å²) >= 11 is 0. The summed E-state index contributed by atoms with van der Waals surface area (Å²) in [7, 11) is -0.995. The fourth-order valence-electron chi connectivity index (χ4n) is 2.53. The molecule has 0 spiro atoms. The van der Waals surface area contributed by atoms with Crippen LogP contribution in [0.5, 0.6) is 0 Å². The lowest BCUT2D eigenvalue weighted by molar-refractivity contribution is -0.132. The number of hydrogen-bond donors (Lipinski definition) is 1. The maximum atomic E-state index is 14.1. The van der Waals surface area contributed by atoms with Crippen LogP contribution in [0.1, 0.15) is 32.0 Å². The van der Waals surface area contributed by atoms with Crippen LogP contribution in [0.4, 0.5) is 4.39 Å². The second-order valence-electron chi connectivity index (χ2n) is 5.53. The Morgan fingerprint density at radius 2 is 2.10 bits per heavy atom. The second-order valence-corrected chi connectivity index (χ2v) is 7.08. The molecule has 1 heterocycles.